The number of carbonyl (C=O) groups is 1. The van der Waals surface area contributed by atoms with Gasteiger partial charge in [-0.05, 0) is 38.4 Å². The Morgan fingerprint density at radius 2 is 2.16 bits per heavy atom. The molecule has 0 saturated heterocycles. The second-order valence-corrected chi connectivity index (χ2v) is 4.55. The third-order valence-electron chi connectivity index (χ3n) is 2.95. The largest absolute Gasteiger partial charge is 0.491 e. The number of ether oxygens (including phenoxy) is 1. The first-order valence-corrected chi connectivity index (χ1v) is 6.35. The number of likely N-dealkylation sites (N-methyl/N-ethyl adjacent to an activating group) is 1. The monoisotopic (exact) mass is 269 g/mol. The lowest BCUT2D eigenvalue weighted by atomic mass is 9.96. The van der Waals surface area contributed by atoms with E-state index in [4.69, 9.17) is 9.84 Å². The number of halogens is 1. The van der Waals surface area contributed by atoms with Gasteiger partial charge in [-0.15, -0.1) is 0 Å². The Labute approximate surface area is 112 Å². The van der Waals surface area contributed by atoms with Crippen LogP contribution in [-0.2, 0) is 4.79 Å². The molecule has 19 heavy (non-hydrogen) atoms. The van der Waals surface area contributed by atoms with Crippen molar-refractivity contribution in [3.05, 3.63) is 30.1 Å². The molecular weight excluding hydrogens is 249 g/mol. The summed E-state index contributed by atoms with van der Waals surface area (Å²) in [5, 5.41) is 12.1. The fraction of sp³-hybridized carbons (Fsp3) is 0.500. The van der Waals surface area contributed by atoms with Crippen LogP contribution in [0, 0.1) is 5.82 Å². The van der Waals surface area contributed by atoms with Gasteiger partial charge in [-0.3, -0.25) is 4.79 Å². The van der Waals surface area contributed by atoms with E-state index < -0.39 is 17.3 Å². The van der Waals surface area contributed by atoms with E-state index in [1.54, 1.807) is 25.1 Å². The summed E-state index contributed by atoms with van der Waals surface area (Å²) in [5.74, 6) is -1.10. The van der Waals surface area contributed by atoms with Crippen LogP contribution < -0.4 is 10.1 Å². The Bertz CT molecular complexity index is 425. The maximum absolute atomic E-state index is 13.3. The normalized spacial score (nSPS) is 13.8. The minimum atomic E-state index is -0.965. The van der Waals surface area contributed by atoms with E-state index in [9.17, 15) is 9.18 Å². The Kier molecular flexibility index (Phi) is 5.76. The molecule has 0 aliphatic rings. The third kappa shape index (κ3) is 4.52. The lowest BCUT2D eigenvalue weighted by Crippen LogP contribution is -2.49. The molecule has 0 amide bonds. The number of para-hydroxylation sites is 1. The van der Waals surface area contributed by atoms with Crippen LogP contribution in [-0.4, -0.2) is 29.8 Å². The number of carboxylic acids is 1. The summed E-state index contributed by atoms with van der Waals surface area (Å²) in [6, 6.07) is 6.17. The highest BCUT2D eigenvalue weighted by molar-refractivity contribution is 5.78. The summed E-state index contributed by atoms with van der Waals surface area (Å²) >= 11 is 0. The van der Waals surface area contributed by atoms with E-state index in [1.165, 1.54) is 6.07 Å². The van der Waals surface area contributed by atoms with Crippen molar-refractivity contribution in [2.75, 3.05) is 13.2 Å². The van der Waals surface area contributed by atoms with Crippen molar-refractivity contribution in [2.24, 2.45) is 0 Å². The van der Waals surface area contributed by atoms with E-state index >= 15 is 0 Å². The molecule has 0 radical (unpaired) electrons. The Balaban J connectivity index is 2.41. The maximum atomic E-state index is 13.3. The number of benzene rings is 1. The fourth-order valence-electron chi connectivity index (χ4n) is 1.83. The number of rotatable bonds is 8. The third-order valence-corrected chi connectivity index (χ3v) is 2.95. The molecule has 0 bridgehead atoms. The molecule has 1 unspecified atom stereocenters. The lowest BCUT2D eigenvalue weighted by molar-refractivity contribution is -0.144. The van der Waals surface area contributed by atoms with Crippen molar-refractivity contribution in [1.82, 2.24) is 5.32 Å². The number of hydrogen-bond acceptors (Lipinski definition) is 3. The average Bonchev–Trinajstić information content (AvgIpc) is 2.37. The zero-order chi connectivity index (χ0) is 14.3. The fourth-order valence-corrected chi connectivity index (χ4v) is 1.83. The highest BCUT2D eigenvalue weighted by Crippen LogP contribution is 2.17. The molecule has 0 aliphatic heterocycles. The summed E-state index contributed by atoms with van der Waals surface area (Å²) in [6.07, 6.45) is 0.953. The zero-order valence-corrected chi connectivity index (χ0v) is 11.3. The molecule has 0 fully saturated rings. The van der Waals surface area contributed by atoms with E-state index in [-0.39, 0.29) is 12.4 Å². The summed E-state index contributed by atoms with van der Waals surface area (Å²) in [5.41, 5.74) is -0.965. The molecule has 1 atom stereocenters. The SMILES string of the molecule is CCNC(C)(CCCOc1ccccc1F)C(=O)O. The van der Waals surface area contributed by atoms with Crippen molar-refractivity contribution in [3.63, 3.8) is 0 Å². The van der Waals surface area contributed by atoms with Gasteiger partial charge >= 0.3 is 5.97 Å². The first kappa shape index (κ1) is 15.4. The topological polar surface area (TPSA) is 58.6 Å². The predicted molar refractivity (Wildman–Crippen MR) is 70.8 cm³/mol. The molecule has 2 N–H and O–H groups in total. The van der Waals surface area contributed by atoms with Crippen LogP contribution in [0.4, 0.5) is 4.39 Å². The van der Waals surface area contributed by atoms with Gasteiger partial charge in [-0.1, -0.05) is 19.1 Å². The van der Waals surface area contributed by atoms with E-state index in [1.807, 2.05) is 6.92 Å². The standard InChI is InChI=1S/C14H20FNO3/c1-3-16-14(2,13(17)18)9-6-10-19-12-8-5-4-7-11(12)15/h4-5,7-8,16H,3,6,9-10H2,1-2H3,(H,17,18). The van der Waals surface area contributed by atoms with Gasteiger partial charge in [0.15, 0.2) is 11.6 Å². The first-order valence-electron chi connectivity index (χ1n) is 6.35. The van der Waals surface area contributed by atoms with Gasteiger partial charge in [-0.25, -0.2) is 4.39 Å². The molecule has 5 heteroatoms. The average molecular weight is 269 g/mol. The minimum absolute atomic E-state index is 0.197. The molecule has 4 nitrogen and oxygen atoms in total. The van der Waals surface area contributed by atoms with Crippen molar-refractivity contribution < 1.29 is 19.0 Å². The van der Waals surface area contributed by atoms with Crippen LogP contribution >= 0.6 is 0 Å². The molecule has 0 saturated carbocycles. The summed E-state index contributed by atoms with van der Waals surface area (Å²) < 4.78 is 18.6. The Morgan fingerprint density at radius 1 is 1.47 bits per heavy atom. The van der Waals surface area contributed by atoms with Crippen LogP contribution in [0.2, 0.25) is 0 Å². The molecule has 106 valence electrons. The molecule has 0 aromatic heterocycles. The number of aliphatic carboxylic acids is 1. The summed E-state index contributed by atoms with van der Waals surface area (Å²) in [4.78, 5) is 11.2. The molecule has 1 aromatic rings. The molecule has 0 aliphatic carbocycles. The van der Waals surface area contributed by atoms with Gasteiger partial charge in [0, 0.05) is 0 Å². The zero-order valence-electron chi connectivity index (χ0n) is 11.3. The van der Waals surface area contributed by atoms with Crippen LogP contribution in [0.15, 0.2) is 24.3 Å². The lowest BCUT2D eigenvalue weighted by Gasteiger charge is -2.25. The van der Waals surface area contributed by atoms with Crippen LogP contribution in [0.25, 0.3) is 0 Å². The van der Waals surface area contributed by atoms with Gasteiger partial charge < -0.3 is 15.2 Å². The quantitative estimate of drug-likeness (QED) is 0.712. The van der Waals surface area contributed by atoms with Crippen molar-refractivity contribution in [3.8, 4) is 5.75 Å². The molecule has 1 aromatic carbocycles. The van der Waals surface area contributed by atoms with E-state index in [0.29, 0.717) is 19.4 Å². The second kappa shape index (κ2) is 7.09. The summed E-state index contributed by atoms with van der Waals surface area (Å²) in [6.45, 7) is 4.37. The van der Waals surface area contributed by atoms with Crippen molar-refractivity contribution in [1.29, 1.82) is 0 Å². The van der Waals surface area contributed by atoms with Gasteiger partial charge in [0.2, 0.25) is 0 Å². The Hall–Kier alpha value is -1.62. The van der Waals surface area contributed by atoms with Crippen LogP contribution in [0.5, 0.6) is 5.75 Å². The van der Waals surface area contributed by atoms with Gasteiger partial charge in [0.05, 0.1) is 6.61 Å². The molecule has 0 heterocycles. The van der Waals surface area contributed by atoms with Crippen LogP contribution in [0.1, 0.15) is 26.7 Å². The first-order chi connectivity index (χ1) is 8.99. The summed E-state index contributed by atoms with van der Waals surface area (Å²) in [7, 11) is 0. The second-order valence-electron chi connectivity index (χ2n) is 4.55. The molecule has 1 rings (SSSR count). The van der Waals surface area contributed by atoms with Crippen molar-refractivity contribution in [2.45, 2.75) is 32.2 Å². The van der Waals surface area contributed by atoms with Crippen molar-refractivity contribution >= 4 is 5.97 Å². The minimum Gasteiger partial charge on any atom is -0.491 e. The highest BCUT2D eigenvalue weighted by Gasteiger charge is 2.31. The van der Waals surface area contributed by atoms with E-state index in [0.717, 1.165) is 0 Å². The molecular formula is C14H20FNO3. The van der Waals surface area contributed by atoms with E-state index in [2.05, 4.69) is 5.32 Å². The predicted octanol–water partition coefficient (Wildman–Crippen LogP) is 2.44. The van der Waals surface area contributed by atoms with Gasteiger partial charge in [0.25, 0.3) is 0 Å². The number of hydrogen-bond donors (Lipinski definition) is 2. The Morgan fingerprint density at radius 3 is 2.74 bits per heavy atom. The van der Waals surface area contributed by atoms with Gasteiger partial charge in [-0.2, -0.15) is 0 Å². The van der Waals surface area contributed by atoms with Gasteiger partial charge in [0.1, 0.15) is 5.54 Å². The smallest absolute Gasteiger partial charge is 0.323 e. The number of carboxylic acid groups (broad SMARTS) is 1. The maximum Gasteiger partial charge on any atom is 0.323 e. The molecule has 0 spiro atoms. The van der Waals surface area contributed by atoms with Crippen LogP contribution in [0.3, 0.4) is 0 Å². The number of nitrogens with one attached hydrogen (secondary N) is 1. The highest BCUT2D eigenvalue weighted by atomic mass is 19.1.